The average Bonchev–Trinajstić information content (AvgIpc) is 2.57. The Morgan fingerprint density at radius 2 is 2.12 bits per heavy atom. The Hall–Kier alpha value is -1.02. The predicted octanol–water partition coefficient (Wildman–Crippen LogP) is 3.33. The maximum Gasteiger partial charge on any atom is 0.119 e. The first kappa shape index (κ1) is 12.4. The van der Waals surface area contributed by atoms with E-state index in [1.165, 1.54) is 12.0 Å². The first-order valence-corrected chi connectivity index (χ1v) is 6.51. The molecule has 17 heavy (non-hydrogen) atoms. The molecule has 1 aliphatic rings. The largest absolute Gasteiger partial charge is 0.491 e. The molecule has 2 nitrogen and oxygen atoms in total. The zero-order valence-corrected chi connectivity index (χ0v) is 11.3. The number of ether oxygens (including phenoxy) is 1. The van der Waals surface area contributed by atoms with Crippen LogP contribution in [0.3, 0.4) is 0 Å². The van der Waals surface area contributed by atoms with E-state index in [1.807, 2.05) is 6.07 Å². The van der Waals surface area contributed by atoms with E-state index < -0.39 is 0 Å². The lowest BCUT2D eigenvalue weighted by Gasteiger charge is -2.27. The summed E-state index contributed by atoms with van der Waals surface area (Å²) < 4.78 is 5.76. The molecule has 0 saturated carbocycles. The second-order valence-corrected chi connectivity index (χ2v) is 5.73. The molecule has 1 heterocycles. The summed E-state index contributed by atoms with van der Waals surface area (Å²) in [5.41, 5.74) is 1.58. The molecule has 2 rings (SSSR count). The van der Waals surface area contributed by atoms with E-state index >= 15 is 0 Å². The molecule has 1 aliphatic heterocycles. The van der Waals surface area contributed by atoms with Crippen LogP contribution in [0.2, 0.25) is 0 Å². The molecule has 0 aliphatic carbocycles. The number of hydrogen-bond donors (Lipinski definition) is 1. The van der Waals surface area contributed by atoms with Crippen molar-refractivity contribution in [3.8, 4) is 5.75 Å². The fourth-order valence-corrected chi connectivity index (χ4v) is 2.68. The van der Waals surface area contributed by atoms with Crippen molar-refractivity contribution in [1.82, 2.24) is 5.32 Å². The van der Waals surface area contributed by atoms with Gasteiger partial charge in [-0.25, -0.2) is 0 Å². The van der Waals surface area contributed by atoms with E-state index in [2.05, 4.69) is 51.2 Å². The molecule has 1 N–H and O–H groups in total. The van der Waals surface area contributed by atoms with Gasteiger partial charge in [-0.2, -0.15) is 0 Å². The van der Waals surface area contributed by atoms with Gasteiger partial charge in [-0.05, 0) is 58.4 Å². The van der Waals surface area contributed by atoms with Crippen LogP contribution >= 0.6 is 0 Å². The molecule has 1 fully saturated rings. The second kappa shape index (κ2) is 4.69. The van der Waals surface area contributed by atoms with Crippen LogP contribution in [0.1, 0.15) is 45.6 Å². The Kier molecular flexibility index (Phi) is 3.43. The molecule has 1 aromatic rings. The normalized spacial score (nSPS) is 23.0. The van der Waals surface area contributed by atoms with Gasteiger partial charge >= 0.3 is 0 Å². The van der Waals surface area contributed by atoms with Gasteiger partial charge in [0, 0.05) is 11.5 Å². The van der Waals surface area contributed by atoms with Crippen molar-refractivity contribution in [3.63, 3.8) is 0 Å². The minimum absolute atomic E-state index is 0.191. The Balaban J connectivity index is 2.21. The van der Waals surface area contributed by atoms with E-state index in [4.69, 9.17) is 4.74 Å². The molecule has 2 heteroatoms. The van der Waals surface area contributed by atoms with Gasteiger partial charge in [-0.1, -0.05) is 12.1 Å². The SMILES string of the molecule is CC(C)Oc1cccc(C2CCNC2(C)C)c1. The summed E-state index contributed by atoms with van der Waals surface area (Å²) in [5, 5.41) is 3.56. The quantitative estimate of drug-likeness (QED) is 0.864. The summed E-state index contributed by atoms with van der Waals surface area (Å²) in [7, 11) is 0. The fraction of sp³-hybridized carbons (Fsp3) is 0.600. The van der Waals surface area contributed by atoms with Crippen LogP contribution in [-0.4, -0.2) is 18.2 Å². The van der Waals surface area contributed by atoms with Gasteiger partial charge in [0.2, 0.25) is 0 Å². The molecule has 1 saturated heterocycles. The van der Waals surface area contributed by atoms with Crippen molar-refractivity contribution >= 4 is 0 Å². The minimum Gasteiger partial charge on any atom is -0.491 e. The van der Waals surface area contributed by atoms with E-state index in [0.29, 0.717) is 5.92 Å². The van der Waals surface area contributed by atoms with Gasteiger partial charge in [-0.3, -0.25) is 0 Å². The highest BCUT2D eigenvalue weighted by Crippen LogP contribution is 2.36. The van der Waals surface area contributed by atoms with Crippen molar-refractivity contribution in [1.29, 1.82) is 0 Å². The van der Waals surface area contributed by atoms with Gasteiger partial charge in [0.05, 0.1) is 6.10 Å². The van der Waals surface area contributed by atoms with Crippen molar-refractivity contribution < 1.29 is 4.74 Å². The molecule has 94 valence electrons. The highest BCUT2D eigenvalue weighted by Gasteiger charge is 2.35. The summed E-state index contributed by atoms with van der Waals surface area (Å²) in [6, 6.07) is 8.55. The molecule has 1 atom stereocenters. The van der Waals surface area contributed by atoms with Gasteiger partial charge < -0.3 is 10.1 Å². The Bertz CT molecular complexity index is 384. The first-order valence-electron chi connectivity index (χ1n) is 6.51. The molecule has 0 amide bonds. The van der Waals surface area contributed by atoms with E-state index in [9.17, 15) is 0 Å². The first-order chi connectivity index (χ1) is 7.99. The smallest absolute Gasteiger partial charge is 0.119 e. The standard InChI is InChI=1S/C15H23NO/c1-11(2)17-13-7-5-6-12(10-13)14-8-9-16-15(14,3)4/h5-7,10-11,14,16H,8-9H2,1-4H3. The molecule has 1 unspecified atom stereocenters. The molecule has 0 aromatic heterocycles. The van der Waals surface area contributed by atoms with Crippen molar-refractivity contribution in [2.45, 2.75) is 51.7 Å². The Morgan fingerprint density at radius 3 is 2.71 bits per heavy atom. The summed E-state index contributed by atoms with van der Waals surface area (Å²) in [4.78, 5) is 0. The topological polar surface area (TPSA) is 21.3 Å². The molecule has 1 aromatic carbocycles. The third-order valence-corrected chi connectivity index (χ3v) is 3.52. The number of hydrogen-bond acceptors (Lipinski definition) is 2. The van der Waals surface area contributed by atoms with Crippen molar-refractivity contribution in [2.24, 2.45) is 0 Å². The van der Waals surface area contributed by atoms with Crippen LogP contribution < -0.4 is 10.1 Å². The molecular formula is C15H23NO. The summed E-state index contributed by atoms with van der Waals surface area (Å²) >= 11 is 0. The van der Waals surface area contributed by atoms with E-state index in [-0.39, 0.29) is 11.6 Å². The summed E-state index contributed by atoms with van der Waals surface area (Å²) in [5.74, 6) is 1.57. The highest BCUT2D eigenvalue weighted by molar-refractivity contribution is 5.33. The fourth-order valence-electron chi connectivity index (χ4n) is 2.68. The Labute approximate surface area is 104 Å². The maximum atomic E-state index is 5.76. The van der Waals surface area contributed by atoms with Gasteiger partial charge in [0.25, 0.3) is 0 Å². The van der Waals surface area contributed by atoms with Gasteiger partial charge in [0.15, 0.2) is 0 Å². The Morgan fingerprint density at radius 1 is 1.35 bits per heavy atom. The number of rotatable bonds is 3. The maximum absolute atomic E-state index is 5.76. The minimum atomic E-state index is 0.191. The number of nitrogens with one attached hydrogen (secondary N) is 1. The zero-order chi connectivity index (χ0) is 12.5. The lowest BCUT2D eigenvalue weighted by molar-refractivity contribution is 0.242. The molecule has 0 radical (unpaired) electrons. The van der Waals surface area contributed by atoms with Gasteiger partial charge in [0.1, 0.15) is 5.75 Å². The van der Waals surface area contributed by atoms with Crippen LogP contribution in [0.4, 0.5) is 0 Å². The van der Waals surface area contributed by atoms with Crippen molar-refractivity contribution in [2.75, 3.05) is 6.54 Å². The molecule has 0 bridgehead atoms. The van der Waals surface area contributed by atoms with E-state index in [0.717, 1.165) is 12.3 Å². The number of benzene rings is 1. The van der Waals surface area contributed by atoms with Crippen LogP contribution in [0.5, 0.6) is 5.75 Å². The molecular weight excluding hydrogens is 210 g/mol. The highest BCUT2D eigenvalue weighted by atomic mass is 16.5. The second-order valence-electron chi connectivity index (χ2n) is 5.73. The third kappa shape index (κ3) is 2.81. The van der Waals surface area contributed by atoms with E-state index in [1.54, 1.807) is 0 Å². The summed E-state index contributed by atoms with van der Waals surface area (Å²) in [6.07, 6.45) is 1.44. The third-order valence-electron chi connectivity index (χ3n) is 3.52. The predicted molar refractivity (Wildman–Crippen MR) is 71.6 cm³/mol. The van der Waals surface area contributed by atoms with Crippen LogP contribution in [0.15, 0.2) is 24.3 Å². The van der Waals surface area contributed by atoms with Gasteiger partial charge in [-0.15, -0.1) is 0 Å². The lowest BCUT2D eigenvalue weighted by atomic mass is 9.83. The van der Waals surface area contributed by atoms with Crippen LogP contribution in [-0.2, 0) is 0 Å². The monoisotopic (exact) mass is 233 g/mol. The average molecular weight is 233 g/mol. The molecule has 0 spiro atoms. The summed E-state index contributed by atoms with van der Waals surface area (Å²) in [6.45, 7) is 9.79. The van der Waals surface area contributed by atoms with Crippen LogP contribution in [0, 0.1) is 0 Å². The van der Waals surface area contributed by atoms with Crippen molar-refractivity contribution in [3.05, 3.63) is 29.8 Å². The lowest BCUT2D eigenvalue weighted by Crippen LogP contribution is -2.36. The zero-order valence-electron chi connectivity index (χ0n) is 11.3. The van der Waals surface area contributed by atoms with Crippen LogP contribution in [0.25, 0.3) is 0 Å².